The summed E-state index contributed by atoms with van der Waals surface area (Å²) in [5.41, 5.74) is -0.0579. The van der Waals surface area contributed by atoms with Crippen LogP contribution in [0.25, 0.3) is 0 Å². The number of carbonyl (C=O) groups is 1. The summed E-state index contributed by atoms with van der Waals surface area (Å²) in [5.74, 6) is 0.0784. The highest BCUT2D eigenvalue weighted by Crippen LogP contribution is 2.45. The van der Waals surface area contributed by atoms with Crippen molar-refractivity contribution in [1.82, 2.24) is 0 Å². The second-order valence-electron chi connectivity index (χ2n) is 4.26. The van der Waals surface area contributed by atoms with Crippen molar-refractivity contribution >= 4 is 5.97 Å². The maximum atomic E-state index is 11.5. The maximum Gasteiger partial charge on any atom is 0.312 e. The van der Waals surface area contributed by atoms with Crippen LogP contribution >= 0.6 is 0 Å². The van der Waals surface area contributed by atoms with E-state index >= 15 is 0 Å². The Morgan fingerprint density at radius 2 is 2.00 bits per heavy atom. The number of rotatable bonds is 0. The Balaban J connectivity index is 2.13. The molecule has 1 spiro atoms. The van der Waals surface area contributed by atoms with E-state index in [1.807, 2.05) is 6.92 Å². The molecule has 1 unspecified atom stereocenters. The minimum absolute atomic E-state index is 0.0579. The molecule has 0 aromatic carbocycles. The molecule has 2 aliphatic rings. The van der Waals surface area contributed by atoms with Crippen LogP contribution < -0.4 is 0 Å². The van der Waals surface area contributed by atoms with Gasteiger partial charge in [-0.2, -0.15) is 0 Å². The predicted molar refractivity (Wildman–Crippen MR) is 45.7 cm³/mol. The molecule has 12 heavy (non-hydrogen) atoms. The summed E-state index contributed by atoms with van der Waals surface area (Å²) >= 11 is 0. The topological polar surface area (TPSA) is 26.3 Å². The molecule has 1 aliphatic carbocycles. The summed E-state index contributed by atoms with van der Waals surface area (Å²) in [6, 6.07) is 0. The number of ether oxygens (including phenoxy) is 1. The van der Waals surface area contributed by atoms with Crippen LogP contribution in [0.3, 0.4) is 0 Å². The van der Waals surface area contributed by atoms with E-state index in [9.17, 15) is 4.79 Å². The van der Waals surface area contributed by atoms with E-state index in [0.717, 1.165) is 19.3 Å². The Morgan fingerprint density at radius 1 is 1.33 bits per heavy atom. The lowest BCUT2D eigenvalue weighted by Crippen LogP contribution is -2.28. The fraction of sp³-hybridized carbons (Fsp3) is 0.900. The highest BCUT2D eigenvalue weighted by molar-refractivity contribution is 5.79. The molecular formula is C10H16O2. The maximum absolute atomic E-state index is 11.5. The molecule has 1 atom stereocenters. The Bertz CT molecular complexity index is 192. The fourth-order valence-corrected chi connectivity index (χ4v) is 2.62. The Kier molecular flexibility index (Phi) is 1.85. The lowest BCUT2D eigenvalue weighted by Gasteiger charge is -2.28. The number of esters is 1. The van der Waals surface area contributed by atoms with Crippen LogP contribution in [0.15, 0.2) is 0 Å². The lowest BCUT2D eigenvalue weighted by atomic mass is 9.72. The first-order valence-corrected chi connectivity index (χ1v) is 4.94. The van der Waals surface area contributed by atoms with Gasteiger partial charge >= 0.3 is 5.97 Å². The zero-order valence-electron chi connectivity index (χ0n) is 7.64. The van der Waals surface area contributed by atoms with Gasteiger partial charge in [-0.3, -0.25) is 4.79 Å². The SMILES string of the molecule is CC1CC2(CCCCC2)C(=O)O1. The summed E-state index contributed by atoms with van der Waals surface area (Å²) in [6.45, 7) is 2.00. The van der Waals surface area contributed by atoms with Crippen molar-refractivity contribution in [3.8, 4) is 0 Å². The Hall–Kier alpha value is -0.530. The average molecular weight is 168 g/mol. The van der Waals surface area contributed by atoms with Crippen LogP contribution in [0.1, 0.15) is 45.4 Å². The van der Waals surface area contributed by atoms with Crippen molar-refractivity contribution in [1.29, 1.82) is 0 Å². The van der Waals surface area contributed by atoms with Gasteiger partial charge in [0.05, 0.1) is 5.41 Å². The van der Waals surface area contributed by atoms with E-state index in [0.29, 0.717) is 0 Å². The van der Waals surface area contributed by atoms with Crippen molar-refractivity contribution in [2.45, 2.75) is 51.6 Å². The molecule has 0 radical (unpaired) electrons. The van der Waals surface area contributed by atoms with Crippen molar-refractivity contribution in [3.05, 3.63) is 0 Å². The third-order valence-corrected chi connectivity index (χ3v) is 3.23. The van der Waals surface area contributed by atoms with Crippen molar-refractivity contribution in [2.24, 2.45) is 5.41 Å². The quantitative estimate of drug-likeness (QED) is 0.519. The van der Waals surface area contributed by atoms with Crippen molar-refractivity contribution in [2.75, 3.05) is 0 Å². The van der Waals surface area contributed by atoms with Crippen LogP contribution in [0, 0.1) is 5.41 Å². The standard InChI is InChI=1S/C10H16O2/c1-8-7-10(9(11)12-8)5-3-2-4-6-10/h8H,2-7H2,1H3. The summed E-state index contributed by atoms with van der Waals surface area (Å²) in [5, 5.41) is 0. The van der Waals surface area contributed by atoms with E-state index < -0.39 is 0 Å². The molecule has 2 rings (SSSR count). The molecule has 1 saturated heterocycles. The fourth-order valence-electron chi connectivity index (χ4n) is 2.62. The Labute approximate surface area is 73.3 Å². The van der Waals surface area contributed by atoms with Crippen LogP contribution in [-0.2, 0) is 9.53 Å². The number of hydrogen-bond acceptors (Lipinski definition) is 2. The highest BCUT2D eigenvalue weighted by atomic mass is 16.6. The van der Waals surface area contributed by atoms with Gasteiger partial charge in [-0.05, 0) is 19.8 Å². The van der Waals surface area contributed by atoms with Gasteiger partial charge in [0.1, 0.15) is 6.10 Å². The first kappa shape index (κ1) is 8.09. The van der Waals surface area contributed by atoms with Crippen LogP contribution in [-0.4, -0.2) is 12.1 Å². The van der Waals surface area contributed by atoms with Crippen LogP contribution in [0.4, 0.5) is 0 Å². The minimum atomic E-state index is -0.0579. The second-order valence-corrected chi connectivity index (χ2v) is 4.26. The first-order chi connectivity index (χ1) is 5.73. The van der Waals surface area contributed by atoms with Gasteiger partial charge < -0.3 is 4.74 Å². The molecule has 2 fully saturated rings. The highest BCUT2D eigenvalue weighted by Gasteiger charge is 2.47. The lowest BCUT2D eigenvalue weighted by molar-refractivity contribution is -0.149. The van der Waals surface area contributed by atoms with Gasteiger partial charge in [-0.15, -0.1) is 0 Å². The first-order valence-electron chi connectivity index (χ1n) is 4.94. The second kappa shape index (κ2) is 2.75. The van der Waals surface area contributed by atoms with E-state index in [1.165, 1.54) is 19.3 Å². The van der Waals surface area contributed by atoms with E-state index in [4.69, 9.17) is 4.74 Å². The average Bonchev–Trinajstić information content (AvgIpc) is 2.29. The third kappa shape index (κ3) is 1.13. The van der Waals surface area contributed by atoms with Crippen molar-refractivity contribution in [3.63, 3.8) is 0 Å². The Morgan fingerprint density at radius 3 is 2.50 bits per heavy atom. The molecule has 68 valence electrons. The summed E-state index contributed by atoms with van der Waals surface area (Å²) < 4.78 is 5.22. The van der Waals surface area contributed by atoms with Gasteiger partial charge in [-0.25, -0.2) is 0 Å². The van der Waals surface area contributed by atoms with E-state index in [-0.39, 0.29) is 17.5 Å². The molecule has 0 amide bonds. The molecule has 0 aromatic rings. The predicted octanol–water partition coefficient (Wildman–Crippen LogP) is 2.27. The molecule has 0 bridgehead atoms. The zero-order valence-corrected chi connectivity index (χ0v) is 7.64. The van der Waals surface area contributed by atoms with E-state index in [2.05, 4.69) is 0 Å². The van der Waals surface area contributed by atoms with Gasteiger partial charge in [0.25, 0.3) is 0 Å². The molecular weight excluding hydrogens is 152 g/mol. The summed E-state index contributed by atoms with van der Waals surface area (Å²) in [7, 11) is 0. The monoisotopic (exact) mass is 168 g/mol. The molecule has 1 saturated carbocycles. The summed E-state index contributed by atoms with van der Waals surface area (Å²) in [6.07, 6.45) is 6.97. The molecule has 0 aromatic heterocycles. The molecule has 1 heterocycles. The van der Waals surface area contributed by atoms with Crippen LogP contribution in [0.5, 0.6) is 0 Å². The van der Waals surface area contributed by atoms with Gasteiger partial charge in [-0.1, -0.05) is 19.3 Å². The van der Waals surface area contributed by atoms with E-state index in [1.54, 1.807) is 0 Å². The zero-order chi connectivity index (χ0) is 8.60. The van der Waals surface area contributed by atoms with Gasteiger partial charge in [0.15, 0.2) is 0 Å². The number of hydrogen-bond donors (Lipinski definition) is 0. The van der Waals surface area contributed by atoms with Crippen molar-refractivity contribution < 1.29 is 9.53 Å². The number of carbonyl (C=O) groups excluding carboxylic acids is 1. The molecule has 2 heteroatoms. The van der Waals surface area contributed by atoms with Gasteiger partial charge in [0.2, 0.25) is 0 Å². The van der Waals surface area contributed by atoms with Crippen LogP contribution in [0.2, 0.25) is 0 Å². The third-order valence-electron chi connectivity index (χ3n) is 3.23. The number of cyclic esters (lactones) is 1. The smallest absolute Gasteiger partial charge is 0.312 e. The normalized spacial score (nSPS) is 33.8. The summed E-state index contributed by atoms with van der Waals surface area (Å²) in [4.78, 5) is 11.5. The molecule has 1 aliphatic heterocycles. The largest absolute Gasteiger partial charge is 0.462 e. The minimum Gasteiger partial charge on any atom is -0.462 e. The molecule has 2 nitrogen and oxygen atoms in total. The molecule has 0 N–H and O–H groups in total. The van der Waals surface area contributed by atoms with Gasteiger partial charge in [0, 0.05) is 6.42 Å².